The summed E-state index contributed by atoms with van der Waals surface area (Å²) in [5, 5.41) is 0.904. The van der Waals surface area contributed by atoms with Gasteiger partial charge in [0.2, 0.25) is 0 Å². The zero-order chi connectivity index (χ0) is 13.1. The zero-order valence-electron chi connectivity index (χ0n) is 10.8. The smallest absolute Gasteiger partial charge is 0.0701 e. The van der Waals surface area contributed by atoms with Gasteiger partial charge in [-0.2, -0.15) is 0 Å². The molecule has 1 unspecified atom stereocenters. The summed E-state index contributed by atoms with van der Waals surface area (Å²) in [6.07, 6.45) is 0. The lowest BCUT2D eigenvalue weighted by atomic mass is 10.0. The Labute approximate surface area is 118 Å². The van der Waals surface area contributed by atoms with Gasteiger partial charge in [-0.05, 0) is 5.56 Å². The van der Waals surface area contributed by atoms with Gasteiger partial charge in [0.05, 0.1) is 33.0 Å². The summed E-state index contributed by atoms with van der Waals surface area (Å²) >= 11 is 3.53. The molecule has 0 amide bonds. The quantitative estimate of drug-likeness (QED) is 0.491. The fourth-order valence-corrected chi connectivity index (χ4v) is 2.10. The van der Waals surface area contributed by atoms with Crippen molar-refractivity contribution < 1.29 is 14.2 Å². The lowest BCUT2D eigenvalue weighted by molar-refractivity contribution is 0.0225. The molecule has 3 nitrogen and oxygen atoms in total. The third kappa shape index (κ3) is 6.50. The van der Waals surface area contributed by atoms with Gasteiger partial charge < -0.3 is 14.2 Å². The topological polar surface area (TPSA) is 27.7 Å². The molecule has 0 saturated carbocycles. The van der Waals surface area contributed by atoms with E-state index in [9.17, 15) is 0 Å². The van der Waals surface area contributed by atoms with E-state index in [1.165, 1.54) is 5.56 Å². The Morgan fingerprint density at radius 2 is 1.67 bits per heavy atom. The maximum Gasteiger partial charge on any atom is 0.0701 e. The molecular weight excluding hydrogens is 296 g/mol. The summed E-state index contributed by atoms with van der Waals surface area (Å²) in [5.74, 6) is 0.394. The predicted molar refractivity (Wildman–Crippen MR) is 76.5 cm³/mol. The average molecular weight is 317 g/mol. The Balaban J connectivity index is 2.13. The lowest BCUT2D eigenvalue weighted by Crippen LogP contribution is -2.13. The number of halogens is 1. The van der Waals surface area contributed by atoms with E-state index in [2.05, 4.69) is 40.2 Å². The molecule has 0 aliphatic carbocycles. The number of rotatable bonds is 10. The van der Waals surface area contributed by atoms with Crippen LogP contribution in [0.15, 0.2) is 30.3 Å². The summed E-state index contributed by atoms with van der Waals surface area (Å²) in [6.45, 7) is 3.21. The molecule has 1 rings (SSSR count). The number of ether oxygens (including phenoxy) is 3. The predicted octanol–water partition coefficient (Wildman–Crippen LogP) is 2.84. The molecular formula is C14H21BrO3. The number of methoxy groups -OCH3 is 1. The highest BCUT2D eigenvalue weighted by molar-refractivity contribution is 9.09. The van der Waals surface area contributed by atoms with Gasteiger partial charge in [-0.3, -0.25) is 0 Å². The highest BCUT2D eigenvalue weighted by Gasteiger charge is 2.09. The maximum atomic E-state index is 5.63. The Kier molecular flexibility index (Phi) is 9.12. The molecule has 0 bridgehead atoms. The van der Waals surface area contributed by atoms with Crippen LogP contribution in [-0.2, 0) is 14.2 Å². The number of benzene rings is 1. The van der Waals surface area contributed by atoms with Crippen LogP contribution < -0.4 is 0 Å². The SMILES string of the molecule is COCCOCCOCC(CBr)c1ccccc1. The van der Waals surface area contributed by atoms with Crippen LogP contribution in [0.25, 0.3) is 0 Å². The van der Waals surface area contributed by atoms with Crippen molar-refractivity contribution in [1.29, 1.82) is 0 Å². The highest BCUT2D eigenvalue weighted by Crippen LogP contribution is 2.18. The van der Waals surface area contributed by atoms with Crippen molar-refractivity contribution >= 4 is 15.9 Å². The van der Waals surface area contributed by atoms with E-state index in [0.29, 0.717) is 39.0 Å². The first kappa shape index (κ1) is 15.6. The Hall–Kier alpha value is -0.420. The average Bonchev–Trinajstić information content (AvgIpc) is 2.43. The largest absolute Gasteiger partial charge is 0.382 e. The normalized spacial score (nSPS) is 12.6. The van der Waals surface area contributed by atoms with E-state index < -0.39 is 0 Å². The molecule has 0 aliphatic heterocycles. The van der Waals surface area contributed by atoms with Crippen LogP contribution in [-0.4, -0.2) is 45.5 Å². The second-order valence-corrected chi connectivity index (χ2v) is 4.59. The van der Waals surface area contributed by atoms with E-state index in [1.54, 1.807) is 7.11 Å². The minimum Gasteiger partial charge on any atom is -0.382 e. The Bertz CT molecular complexity index is 292. The van der Waals surface area contributed by atoms with Crippen LogP contribution in [0.4, 0.5) is 0 Å². The van der Waals surface area contributed by atoms with Gasteiger partial charge in [0.25, 0.3) is 0 Å². The Morgan fingerprint density at radius 1 is 1.00 bits per heavy atom. The van der Waals surface area contributed by atoms with E-state index in [1.807, 2.05) is 6.07 Å². The number of alkyl halides is 1. The summed E-state index contributed by atoms with van der Waals surface area (Å²) in [4.78, 5) is 0. The van der Waals surface area contributed by atoms with Crippen LogP contribution >= 0.6 is 15.9 Å². The van der Waals surface area contributed by atoms with Crippen LogP contribution in [0.1, 0.15) is 11.5 Å². The molecule has 0 heterocycles. The number of hydrogen-bond acceptors (Lipinski definition) is 3. The van der Waals surface area contributed by atoms with E-state index in [0.717, 1.165) is 5.33 Å². The first-order chi connectivity index (χ1) is 8.88. The van der Waals surface area contributed by atoms with Crippen molar-refractivity contribution in [2.75, 3.05) is 45.5 Å². The first-order valence-electron chi connectivity index (χ1n) is 6.13. The fourth-order valence-electron chi connectivity index (χ4n) is 1.54. The molecule has 1 aromatic rings. The summed E-state index contributed by atoms with van der Waals surface area (Å²) in [6, 6.07) is 10.4. The van der Waals surface area contributed by atoms with Crippen molar-refractivity contribution in [2.45, 2.75) is 5.92 Å². The summed E-state index contributed by atoms with van der Waals surface area (Å²) in [7, 11) is 1.67. The minimum atomic E-state index is 0.394. The van der Waals surface area contributed by atoms with E-state index in [4.69, 9.17) is 14.2 Å². The van der Waals surface area contributed by atoms with Gasteiger partial charge in [-0.15, -0.1) is 0 Å². The standard InChI is InChI=1S/C14H21BrO3/c1-16-7-8-17-9-10-18-12-14(11-15)13-5-3-2-4-6-13/h2-6,14H,7-12H2,1H3. The van der Waals surface area contributed by atoms with Crippen molar-refractivity contribution in [3.8, 4) is 0 Å². The van der Waals surface area contributed by atoms with Crippen molar-refractivity contribution in [3.63, 3.8) is 0 Å². The van der Waals surface area contributed by atoms with Crippen LogP contribution in [0.2, 0.25) is 0 Å². The molecule has 0 radical (unpaired) electrons. The second kappa shape index (κ2) is 10.5. The molecule has 0 aliphatic rings. The molecule has 4 heteroatoms. The molecule has 0 fully saturated rings. The van der Waals surface area contributed by atoms with Gasteiger partial charge in [0.1, 0.15) is 0 Å². The third-order valence-corrected chi connectivity index (χ3v) is 3.36. The second-order valence-electron chi connectivity index (χ2n) is 3.94. The van der Waals surface area contributed by atoms with E-state index >= 15 is 0 Å². The van der Waals surface area contributed by atoms with Gasteiger partial charge in [0.15, 0.2) is 0 Å². The van der Waals surface area contributed by atoms with Crippen LogP contribution in [0, 0.1) is 0 Å². The van der Waals surface area contributed by atoms with Crippen LogP contribution in [0.3, 0.4) is 0 Å². The highest BCUT2D eigenvalue weighted by atomic mass is 79.9. The fraction of sp³-hybridized carbons (Fsp3) is 0.571. The van der Waals surface area contributed by atoms with Crippen molar-refractivity contribution in [3.05, 3.63) is 35.9 Å². The van der Waals surface area contributed by atoms with Crippen LogP contribution in [0.5, 0.6) is 0 Å². The van der Waals surface area contributed by atoms with Crippen molar-refractivity contribution in [1.82, 2.24) is 0 Å². The van der Waals surface area contributed by atoms with Gasteiger partial charge in [0, 0.05) is 18.4 Å². The maximum absolute atomic E-state index is 5.63. The van der Waals surface area contributed by atoms with E-state index in [-0.39, 0.29) is 0 Å². The molecule has 0 aromatic heterocycles. The molecule has 0 N–H and O–H groups in total. The molecule has 102 valence electrons. The Morgan fingerprint density at radius 3 is 2.33 bits per heavy atom. The van der Waals surface area contributed by atoms with Gasteiger partial charge in [-0.25, -0.2) is 0 Å². The number of hydrogen-bond donors (Lipinski definition) is 0. The minimum absolute atomic E-state index is 0.394. The summed E-state index contributed by atoms with van der Waals surface area (Å²) in [5.41, 5.74) is 1.30. The monoisotopic (exact) mass is 316 g/mol. The van der Waals surface area contributed by atoms with Gasteiger partial charge in [-0.1, -0.05) is 46.3 Å². The molecule has 18 heavy (non-hydrogen) atoms. The van der Waals surface area contributed by atoms with Crippen molar-refractivity contribution in [2.24, 2.45) is 0 Å². The molecule has 0 spiro atoms. The zero-order valence-corrected chi connectivity index (χ0v) is 12.4. The third-order valence-electron chi connectivity index (χ3n) is 2.58. The summed E-state index contributed by atoms with van der Waals surface area (Å²) < 4.78 is 15.8. The lowest BCUT2D eigenvalue weighted by Gasteiger charge is -2.14. The first-order valence-corrected chi connectivity index (χ1v) is 7.26. The molecule has 0 saturated heterocycles. The molecule has 1 atom stereocenters. The van der Waals surface area contributed by atoms with Gasteiger partial charge >= 0.3 is 0 Å². The molecule has 1 aromatic carbocycles.